The highest BCUT2D eigenvalue weighted by molar-refractivity contribution is 5.87. The van der Waals surface area contributed by atoms with Gasteiger partial charge in [-0.2, -0.15) is 0 Å². The van der Waals surface area contributed by atoms with Gasteiger partial charge in [-0.15, -0.1) is 0 Å². The Balaban J connectivity index is 4.27. The minimum atomic E-state index is -1.39. The lowest BCUT2D eigenvalue weighted by molar-refractivity contribution is -0.147. The number of esters is 1. The third-order valence-corrected chi connectivity index (χ3v) is 8.89. The van der Waals surface area contributed by atoms with Gasteiger partial charge in [0, 0.05) is 12.8 Å². The number of ether oxygens (including phenoxy) is 1. The molecule has 0 aromatic heterocycles. The van der Waals surface area contributed by atoms with Crippen molar-refractivity contribution in [3.8, 4) is 0 Å². The molecule has 0 aromatic rings. The Bertz CT molecular complexity index is 963. The fraction of sp³-hybridized carbons (Fsp3) is 0.762. The molecule has 2 atom stereocenters. The van der Waals surface area contributed by atoms with Crippen LogP contribution in [0.5, 0.6) is 0 Å². The van der Waals surface area contributed by atoms with Crippen LogP contribution in [0.1, 0.15) is 181 Å². The van der Waals surface area contributed by atoms with Crippen LogP contribution in [-0.2, 0) is 23.9 Å². The summed E-state index contributed by atoms with van der Waals surface area (Å²) < 4.78 is 5.87. The fourth-order valence-corrected chi connectivity index (χ4v) is 5.77. The highest BCUT2D eigenvalue weighted by atomic mass is 16.5. The van der Waals surface area contributed by atoms with E-state index in [0.29, 0.717) is 12.8 Å². The maximum atomic E-state index is 12.7. The van der Waals surface area contributed by atoms with Crippen LogP contribution in [0.15, 0.2) is 36.5 Å². The van der Waals surface area contributed by atoms with E-state index in [1.807, 2.05) is 6.08 Å². The second-order valence-electron chi connectivity index (χ2n) is 13.7. The zero-order valence-electron chi connectivity index (χ0n) is 32.4. The number of carboxylic acid groups (broad SMARTS) is 1. The number of aliphatic hydroxyl groups is 1. The number of carbonyl (C=O) groups is 4. The normalized spacial score (nSPS) is 12.8. The predicted octanol–water partition coefficient (Wildman–Crippen LogP) is 9.43. The number of hydrogen-bond acceptors (Lipinski definition) is 6. The Morgan fingerprint density at radius 3 is 1.63 bits per heavy atom. The van der Waals surface area contributed by atoms with E-state index in [4.69, 9.17) is 14.9 Å². The number of carboxylic acids is 1. The third kappa shape index (κ3) is 33.9. The lowest BCUT2D eigenvalue weighted by Crippen LogP contribution is -2.47. The lowest BCUT2D eigenvalue weighted by atomic mass is 10.0. The number of allylic oxidation sites excluding steroid dienone is 5. The maximum absolute atomic E-state index is 12.7. The van der Waals surface area contributed by atoms with Gasteiger partial charge in [0.25, 0.3) is 0 Å². The maximum Gasteiger partial charge on any atom is 0.328 e. The molecule has 0 saturated heterocycles. The van der Waals surface area contributed by atoms with Crippen LogP contribution in [0.3, 0.4) is 0 Å². The van der Waals surface area contributed by atoms with E-state index in [1.54, 1.807) is 0 Å². The molecule has 0 heterocycles. The highest BCUT2D eigenvalue weighted by Crippen LogP contribution is 2.16. The van der Waals surface area contributed by atoms with E-state index in [0.717, 1.165) is 57.8 Å². The minimum absolute atomic E-state index is 0.135. The molecule has 51 heavy (non-hydrogen) atoms. The van der Waals surface area contributed by atoms with Crippen LogP contribution in [0.2, 0.25) is 0 Å². The van der Waals surface area contributed by atoms with Crippen LogP contribution in [-0.4, -0.2) is 59.3 Å². The summed E-state index contributed by atoms with van der Waals surface area (Å²) in [5.74, 6) is -2.43. The standard InChI is InChI=1S/C42H74N2O7/c1-3-5-7-9-11-13-14-15-16-17-18-19-20-22-24-30-34-41(48)51-37(31-27-23-21-12-10-8-6-4-2)32-28-25-26-29-33-39(46)43-35-40(47)44-38(36-45)42(49)50/h6,8,12,21,27,31,37-38,45H,3-5,7,9-11,13-20,22-26,28-30,32-36H2,1-2H3,(H,43,46)(H,44,47)(H,49,50)/b8-6-,21-12-,31-27-. The summed E-state index contributed by atoms with van der Waals surface area (Å²) in [6, 6.07) is -1.39. The molecule has 0 radical (unpaired) electrons. The zero-order chi connectivity index (χ0) is 37.6. The van der Waals surface area contributed by atoms with Crippen molar-refractivity contribution in [2.24, 2.45) is 0 Å². The van der Waals surface area contributed by atoms with E-state index < -0.39 is 24.5 Å². The molecule has 0 aliphatic carbocycles. The largest absolute Gasteiger partial charge is 0.480 e. The number of carbonyl (C=O) groups excluding carboxylic acids is 3. The summed E-state index contributed by atoms with van der Waals surface area (Å²) >= 11 is 0. The van der Waals surface area contributed by atoms with E-state index in [-0.39, 0.29) is 30.9 Å². The van der Waals surface area contributed by atoms with Crippen LogP contribution in [0.4, 0.5) is 0 Å². The summed E-state index contributed by atoms with van der Waals surface area (Å²) in [6.07, 6.45) is 40.6. The molecule has 2 unspecified atom stereocenters. The average Bonchev–Trinajstić information content (AvgIpc) is 3.11. The second kappa shape index (κ2) is 36.8. The quantitative estimate of drug-likeness (QED) is 0.0287. The van der Waals surface area contributed by atoms with Gasteiger partial charge < -0.3 is 25.6 Å². The summed E-state index contributed by atoms with van der Waals surface area (Å²) in [7, 11) is 0. The first-order chi connectivity index (χ1) is 24.8. The number of aliphatic hydroxyl groups excluding tert-OH is 1. The summed E-state index contributed by atoms with van der Waals surface area (Å²) in [5.41, 5.74) is 0. The van der Waals surface area contributed by atoms with Crippen molar-refractivity contribution < 1.29 is 34.1 Å². The van der Waals surface area contributed by atoms with Gasteiger partial charge in [-0.25, -0.2) is 4.79 Å². The van der Waals surface area contributed by atoms with Gasteiger partial charge in [0.1, 0.15) is 12.1 Å². The first-order valence-electron chi connectivity index (χ1n) is 20.4. The molecule has 0 saturated carbocycles. The molecule has 0 bridgehead atoms. The van der Waals surface area contributed by atoms with E-state index in [2.05, 4.69) is 54.9 Å². The van der Waals surface area contributed by atoms with Crippen LogP contribution < -0.4 is 10.6 Å². The smallest absolute Gasteiger partial charge is 0.328 e. The molecular formula is C42H74N2O7. The fourth-order valence-electron chi connectivity index (χ4n) is 5.77. The molecule has 2 amide bonds. The predicted molar refractivity (Wildman–Crippen MR) is 208 cm³/mol. The first-order valence-corrected chi connectivity index (χ1v) is 20.4. The van der Waals surface area contributed by atoms with Crippen LogP contribution in [0, 0.1) is 0 Å². The number of hydrogen-bond donors (Lipinski definition) is 4. The van der Waals surface area contributed by atoms with Crippen molar-refractivity contribution in [2.75, 3.05) is 13.2 Å². The minimum Gasteiger partial charge on any atom is -0.480 e. The SMILES string of the molecule is CC/C=C\C/C=C\C/C=C\C(CCCCCCC(=O)NCC(=O)NC(CO)C(=O)O)OC(=O)CCCCCCCCCCCCCCCCCC. The van der Waals surface area contributed by atoms with E-state index in [9.17, 15) is 19.2 Å². The van der Waals surface area contributed by atoms with Gasteiger partial charge in [-0.3, -0.25) is 14.4 Å². The Labute approximate surface area is 310 Å². The molecule has 0 rings (SSSR count). The van der Waals surface area contributed by atoms with Crippen LogP contribution in [0.25, 0.3) is 0 Å². The number of nitrogens with one attached hydrogen (secondary N) is 2. The van der Waals surface area contributed by atoms with Gasteiger partial charge in [-0.05, 0) is 51.0 Å². The van der Waals surface area contributed by atoms with Crippen LogP contribution >= 0.6 is 0 Å². The molecule has 9 nitrogen and oxygen atoms in total. The van der Waals surface area contributed by atoms with Crippen molar-refractivity contribution in [1.29, 1.82) is 0 Å². The van der Waals surface area contributed by atoms with Gasteiger partial charge in [-0.1, -0.05) is 153 Å². The molecule has 294 valence electrons. The van der Waals surface area contributed by atoms with Crippen molar-refractivity contribution >= 4 is 23.8 Å². The molecule has 4 N–H and O–H groups in total. The topological polar surface area (TPSA) is 142 Å². The molecule has 0 aliphatic rings. The van der Waals surface area contributed by atoms with Gasteiger partial charge in [0.05, 0.1) is 13.2 Å². The number of amides is 2. The summed E-state index contributed by atoms with van der Waals surface area (Å²) in [5, 5.41) is 22.5. The lowest BCUT2D eigenvalue weighted by Gasteiger charge is -2.15. The Hall–Kier alpha value is -2.94. The zero-order valence-corrected chi connectivity index (χ0v) is 32.4. The molecule has 0 fully saturated rings. The van der Waals surface area contributed by atoms with Crippen molar-refractivity contribution in [3.05, 3.63) is 36.5 Å². The third-order valence-electron chi connectivity index (χ3n) is 8.89. The van der Waals surface area contributed by atoms with Crippen molar-refractivity contribution in [2.45, 2.75) is 193 Å². The molecule has 0 aliphatic heterocycles. The average molecular weight is 719 g/mol. The second-order valence-corrected chi connectivity index (χ2v) is 13.7. The van der Waals surface area contributed by atoms with Gasteiger partial charge in [0.2, 0.25) is 11.8 Å². The van der Waals surface area contributed by atoms with Gasteiger partial charge in [0.15, 0.2) is 0 Å². The number of unbranched alkanes of at least 4 members (excludes halogenated alkanes) is 18. The van der Waals surface area contributed by atoms with E-state index in [1.165, 1.54) is 89.9 Å². The summed E-state index contributed by atoms with van der Waals surface area (Å²) in [6.45, 7) is 3.32. The Morgan fingerprint density at radius 2 is 1.10 bits per heavy atom. The Kier molecular flexibility index (Phi) is 34.7. The number of aliphatic carboxylic acids is 1. The molecular weight excluding hydrogens is 644 g/mol. The molecule has 0 spiro atoms. The van der Waals surface area contributed by atoms with Crippen molar-refractivity contribution in [1.82, 2.24) is 10.6 Å². The molecule has 0 aromatic carbocycles. The highest BCUT2D eigenvalue weighted by Gasteiger charge is 2.18. The van der Waals surface area contributed by atoms with Crippen molar-refractivity contribution in [3.63, 3.8) is 0 Å². The van der Waals surface area contributed by atoms with E-state index >= 15 is 0 Å². The Morgan fingerprint density at radius 1 is 0.608 bits per heavy atom. The first kappa shape index (κ1) is 48.1. The van der Waals surface area contributed by atoms with Gasteiger partial charge >= 0.3 is 11.9 Å². The number of rotatable bonds is 36. The molecule has 9 heteroatoms. The monoisotopic (exact) mass is 719 g/mol. The summed E-state index contributed by atoms with van der Waals surface area (Å²) in [4.78, 5) is 47.4.